The Kier molecular flexibility index (Phi) is 4.66. The monoisotopic (exact) mass is 357 g/mol. The lowest BCUT2D eigenvalue weighted by atomic mass is 10.2. The van der Waals surface area contributed by atoms with Crippen molar-refractivity contribution < 1.29 is 4.79 Å². The van der Waals surface area contributed by atoms with E-state index in [-0.39, 0.29) is 5.91 Å². The number of thiophene rings is 1. The van der Waals surface area contributed by atoms with E-state index in [0.717, 1.165) is 9.35 Å². The SMILES string of the molecule is Cc1cc(CNC(=O)c2ccc(Br)c(Cl)c2)sc1C. The molecule has 1 aromatic heterocycles. The normalized spacial score (nSPS) is 10.5. The Bertz CT molecular complexity index is 604. The molecule has 1 heterocycles. The van der Waals surface area contributed by atoms with E-state index in [1.165, 1.54) is 10.4 Å². The molecule has 0 aliphatic rings. The standard InChI is InChI=1S/C14H13BrClNOS/c1-8-5-11(19-9(8)2)7-17-14(18)10-3-4-12(15)13(16)6-10/h3-6H,7H2,1-2H3,(H,17,18). The first-order valence-electron chi connectivity index (χ1n) is 5.76. The number of benzene rings is 1. The Labute approximate surface area is 129 Å². The molecule has 0 spiro atoms. The van der Waals surface area contributed by atoms with Gasteiger partial charge in [0, 0.05) is 19.8 Å². The van der Waals surface area contributed by atoms with E-state index in [1.807, 2.05) is 0 Å². The molecule has 0 fully saturated rings. The second-order valence-corrected chi connectivity index (χ2v) is 6.87. The fraction of sp³-hybridized carbons (Fsp3) is 0.214. The summed E-state index contributed by atoms with van der Waals surface area (Å²) in [5, 5.41) is 3.44. The molecule has 0 saturated carbocycles. The van der Waals surface area contributed by atoms with Crippen LogP contribution in [0.5, 0.6) is 0 Å². The minimum atomic E-state index is -0.113. The quantitative estimate of drug-likeness (QED) is 0.846. The van der Waals surface area contributed by atoms with E-state index in [1.54, 1.807) is 29.5 Å². The van der Waals surface area contributed by atoms with Crippen LogP contribution in [0.15, 0.2) is 28.7 Å². The lowest BCUT2D eigenvalue weighted by molar-refractivity contribution is 0.0951. The third-order valence-corrected chi connectivity index (χ3v) is 5.21. The summed E-state index contributed by atoms with van der Waals surface area (Å²) in [4.78, 5) is 14.4. The smallest absolute Gasteiger partial charge is 0.251 e. The number of aryl methyl sites for hydroxylation is 2. The van der Waals surface area contributed by atoms with Crippen LogP contribution in [0, 0.1) is 13.8 Å². The summed E-state index contributed by atoms with van der Waals surface area (Å²) in [6.07, 6.45) is 0. The number of hydrogen-bond acceptors (Lipinski definition) is 2. The zero-order valence-corrected chi connectivity index (χ0v) is 13.7. The van der Waals surface area contributed by atoms with E-state index < -0.39 is 0 Å². The molecule has 1 N–H and O–H groups in total. The van der Waals surface area contributed by atoms with Crippen molar-refractivity contribution in [2.75, 3.05) is 0 Å². The van der Waals surface area contributed by atoms with Crippen molar-refractivity contribution in [3.8, 4) is 0 Å². The topological polar surface area (TPSA) is 29.1 Å². The van der Waals surface area contributed by atoms with Gasteiger partial charge >= 0.3 is 0 Å². The lowest BCUT2D eigenvalue weighted by Gasteiger charge is -2.05. The number of carbonyl (C=O) groups excluding carboxylic acids is 1. The Hall–Kier alpha value is -0.840. The highest BCUT2D eigenvalue weighted by Gasteiger charge is 2.08. The number of nitrogens with one attached hydrogen (secondary N) is 1. The van der Waals surface area contributed by atoms with Gasteiger partial charge in [-0.1, -0.05) is 11.6 Å². The molecule has 0 bridgehead atoms. The van der Waals surface area contributed by atoms with Crippen molar-refractivity contribution in [3.63, 3.8) is 0 Å². The Morgan fingerprint density at radius 3 is 2.68 bits per heavy atom. The van der Waals surface area contributed by atoms with E-state index in [9.17, 15) is 4.79 Å². The molecule has 2 nitrogen and oxygen atoms in total. The maximum atomic E-state index is 12.0. The van der Waals surface area contributed by atoms with Crippen molar-refractivity contribution in [1.29, 1.82) is 0 Å². The average molecular weight is 359 g/mol. The van der Waals surface area contributed by atoms with Gasteiger partial charge in [0.1, 0.15) is 0 Å². The first kappa shape index (κ1) is 14.6. The molecule has 0 radical (unpaired) electrons. The van der Waals surface area contributed by atoms with Crippen LogP contribution in [0.1, 0.15) is 25.7 Å². The van der Waals surface area contributed by atoms with Gasteiger partial charge in [-0.2, -0.15) is 0 Å². The van der Waals surface area contributed by atoms with Crippen molar-refractivity contribution in [2.24, 2.45) is 0 Å². The summed E-state index contributed by atoms with van der Waals surface area (Å²) < 4.78 is 0.787. The molecule has 0 aliphatic carbocycles. The van der Waals surface area contributed by atoms with Crippen LogP contribution >= 0.6 is 38.9 Å². The van der Waals surface area contributed by atoms with Gasteiger partial charge in [0.15, 0.2) is 0 Å². The summed E-state index contributed by atoms with van der Waals surface area (Å²) in [5.74, 6) is -0.113. The van der Waals surface area contributed by atoms with Gasteiger partial charge in [-0.25, -0.2) is 0 Å². The molecular formula is C14H13BrClNOS. The van der Waals surface area contributed by atoms with E-state index in [4.69, 9.17) is 11.6 Å². The van der Waals surface area contributed by atoms with Gasteiger partial charge in [0.2, 0.25) is 0 Å². The number of halogens is 2. The van der Waals surface area contributed by atoms with E-state index in [0.29, 0.717) is 17.1 Å². The zero-order valence-electron chi connectivity index (χ0n) is 10.6. The van der Waals surface area contributed by atoms with Gasteiger partial charge < -0.3 is 5.32 Å². The molecule has 100 valence electrons. The minimum absolute atomic E-state index is 0.113. The zero-order chi connectivity index (χ0) is 14.0. The molecule has 1 amide bonds. The number of hydrogen-bond donors (Lipinski definition) is 1. The number of amides is 1. The molecular weight excluding hydrogens is 346 g/mol. The molecule has 19 heavy (non-hydrogen) atoms. The summed E-state index contributed by atoms with van der Waals surface area (Å²) in [7, 11) is 0. The van der Waals surface area contributed by atoms with Crippen LogP contribution in [-0.4, -0.2) is 5.91 Å². The van der Waals surface area contributed by atoms with Gasteiger partial charge in [-0.3, -0.25) is 4.79 Å². The Balaban J connectivity index is 2.03. The van der Waals surface area contributed by atoms with Crippen LogP contribution < -0.4 is 5.32 Å². The molecule has 2 aromatic rings. The van der Waals surface area contributed by atoms with Crippen LogP contribution in [-0.2, 0) is 6.54 Å². The fourth-order valence-corrected chi connectivity index (χ4v) is 3.06. The van der Waals surface area contributed by atoms with Crippen LogP contribution in [0.4, 0.5) is 0 Å². The second kappa shape index (κ2) is 6.07. The van der Waals surface area contributed by atoms with Crippen molar-refractivity contribution in [3.05, 3.63) is 54.6 Å². The number of carbonyl (C=O) groups is 1. The first-order valence-corrected chi connectivity index (χ1v) is 7.75. The Morgan fingerprint density at radius 2 is 2.11 bits per heavy atom. The van der Waals surface area contributed by atoms with Gasteiger partial charge in [0.25, 0.3) is 5.91 Å². The second-order valence-electron chi connectivity index (χ2n) is 4.26. The van der Waals surface area contributed by atoms with Crippen LogP contribution in [0.2, 0.25) is 5.02 Å². The predicted molar refractivity (Wildman–Crippen MR) is 84.1 cm³/mol. The largest absolute Gasteiger partial charge is 0.347 e. The van der Waals surface area contributed by atoms with Crippen molar-refractivity contribution in [2.45, 2.75) is 20.4 Å². The predicted octanol–water partition coefficient (Wildman–Crippen LogP) is 4.71. The van der Waals surface area contributed by atoms with Gasteiger partial charge in [-0.15, -0.1) is 11.3 Å². The van der Waals surface area contributed by atoms with Gasteiger partial charge in [-0.05, 0) is 59.6 Å². The Morgan fingerprint density at radius 1 is 1.37 bits per heavy atom. The third-order valence-electron chi connectivity index (χ3n) is 2.82. The summed E-state index contributed by atoms with van der Waals surface area (Å²) in [6.45, 7) is 4.71. The van der Waals surface area contributed by atoms with Crippen LogP contribution in [0.25, 0.3) is 0 Å². The highest BCUT2D eigenvalue weighted by Crippen LogP contribution is 2.23. The third kappa shape index (κ3) is 3.59. The molecule has 0 aliphatic heterocycles. The summed E-state index contributed by atoms with van der Waals surface area (Å²) >= 11 is 11.0. The molecule has 0 unspecified atom stereocenters. The van der Waals surface area contributed by atoms with Crippen molar-refractivity contribution in [1.82, 2.24) is 5.32 Å². The average Bonchev–Trinajstić information content (AvgIpc) is 2.69. The molecule has 2 rings (SSSR count). The maximum Gasteiger partial charge on any atom is 0.251 e. The first-order chi connectivity index (χ1) is 8.97. The van der Waals surface area contributed by atoms with E-state index >= 15 is 0 Å². The van der Waals surface area contributed by atoms with E-state index in [2.05, 4.69) is 41.2 Å². The minimum Gasteiger partial charge on any atom is -0.347 e. The highest BCUT2D eigenvalue weighted by molar-refractivity contribution is 9.10. The van der Waals surface area contributed by atoms with Gasteiger partial charge in [0.05, 0.1) is 11.6 Å². The van der Waals surface area contributed by atoms with Crippen LogP contribution in [0.3, 0.4) is 0 Å². The fourth-order valence-electron chi connectivity index (χ4n) is 1.64. The maximum absolute atomic E-state index is 12.0. The molecule has 1 aromatic carbocycles. The summed E-state index contributed by atoms with van der Waals surface area (Å²) in [6, 6.07) is 7.29. The summed E-state index contributed by atoms with van der Waals surface area (Å²) in [5.41, 5.74) is 1.83. The lowest BCUT2D eigenvalue weighted by Crippen LogP contribution is -2.22. The molecule has 5 heteroatoms. The van der Waals surface area contributed by atoms with Crippen molar-refractivity contribution >= 4 is 44.8 Å². The molecule has 0 saturated heterocycles. The molecule has 0 atom stereocenters. The number of rotatable bonds is 3. The highest BCUT2D eigenvalue weighted by atomic mass is 79.9.